The fourth-order valence-corrected chi connectivity index (χ4v) is 2.42. The van der Waals surface area contributed by atoms with Crippen molar-refractivity contribution < 1.29 is 9.59 Å². The number of likely N-dealkylation sites (N-methyl/N-ethyl adjacent to an activating group) is 1. The van der Waals surface area contributed by atoms with Crippen LogP contribution in [0.25, 0.3) is 0 Å². The molecule has 0 aliphatic heterocycles. The molecule has 2 aromatic rings. The molecule has 1 amide bonds. The highest BCUT2D eigenvalue weighted by molar-refractivity contribution is 6.30. The maximum absolute atomic E-state index is 12.2. The molecule has 0 bridgehead atoms. The van der Waals surface area contributed by atoms with Crippen molar-refractivity contribution in [3.05, 3.63) is 64.7 Å². The molecule has 0 saturated carbocycles. The van der Waals surface area contributed by atoms with E-state index in [1.165, 1.54) is 6.92 Å². The van der Waals surface area contributed by atoms with Crippen LogP contribution in [0.1, 0.15) is 22.8 Å². The Balaban J connectivity index is 1.94. The third-order valence-corrected chi connectivity index (χ3v) is 3.61. The van der Waals surface area contributed by atoms with E-state index in [0.29, 0.717) is 22.8 Å². The number of halogens is 1. The van der Waals surface area contributed by atoms with Crippen molar-refractivity contribution in [2.24, 2.45) is 0 Å². The maximum Gasteiger partial charge on any atom is 0.238 e. The van der Waals surface area contributed by atoms with Crippen molar-refractivity contribution in [3.63, 3.8) is 0 Å². The first-order chi connectivity index (χ1) is 11.0. The van der Waals surface area contributed by atoms with Crippen LogP contribution < -0.4 is 5.32 Å². The summed E-state index contributed by atoms with van der Waals surface area (Å²) in [6.07, 6.45) is 0. The molecular formula is C18H19ClN2O2. The van der Waals surface area contributed by atoms with Gasteiger partial charge in [-0.25, -0.2) is 0 Å². The molecule has 0 unspecified atom stereocenters. The second-order valence-corrected chi connectivity index (χ2v) is 5.89. The van der Waals surface area contributed by atoms with Crippen molar-refractivity contribution in [2.75, 3.05) is 18.9 Å². The molecule has 1 N–H and O–H groups in total. The number of carbonyl (C=O) groups is 2. The van der Waals surface area contributed by atoms with Crippen molar-refractivity contribution in [1.82, 2.24) is 4.90 Å². The van der Waals surface area contributed by atoms with E-state index in [4.69, 9.17) is 11.6 Å². The zero-order chi connectivity index (χ0) is 16.8. The predicted octanol–water partition coefficient (Wildman–Crippen LogP) is 3.61. The highest BCUT2D eigenvalue weighted by Crippen LogP contribution is 2.16. The molecule has 0 spiro atoms. The van der Waals surface area contributed by atoms with Gasteiger partial charge in [0.05, 0.1) is 12.2 Å². The molecule has 0 aliphatic rings. The molecule has 2 rings (SSSR count). The third kappa shape index (κ3) is 5.20. The SMILES string of the molecule is CC(=O)c1ccccc1NC(=O)CN(C)Cc1ccc(Cl)cc1. The number of hydrogen-bond donors (Lipinski definition) is 1. The zero-order valence-corrected chi connectivity index (χ0v) is 13.9. The van der Waals surface area contributed by atoms with E-state index in [0.717, 1.165) is 5.56 Å². The summed E-state index contributed by atoms with van der Waals surface area (Å²) in [5, 5.41) is 3.48. The van der Waals surface area contributed by atoms with Gasteiger partial charge >= 0.3 is 0 Å². The number of nitrogens with one attached hydrogen (secondary N) is 1. The first kappa shape index (κ1) is 17.2. The molecule has 2 aromatic carbocycles. The molecule has 0 aromatic heterocycles. The summed E-state index contributed by atoms with van der Waals surface area (Å²) >= 11 is 5.86. The average Bonchev–Trinajstić information content (AvgIpc) is 2.49. The summed E-state index contributed by atoms with van der Waals surface area (Å²) in [7, 11) is 1.87. The van der Waals surface area contributed by atoms with Crippen LogP contribution in [0.15, 0.2) is 48.5 Å². The van der Waals surface area contributed by atoms with E-state index in [-0.39, 0.29) is 18.2 Å². The Morgan fingerprint density at radius 2 is 1.74 bits per heavy atom. The smallest absolute Gasteiger partial charge is 0.238 e. The highest BCUT2D eigenvalue weighted by atomic mass is 35.5. The Bertz CT molecular complexity index is 698. The fourth-order valence-electron chi connectivity index (χ4n) is 2.29. The Kier molecular flexibility index (Phi) is 5.90. The minimum Gasteiger partial charge on any atom is -0.324 e. The fraction of sp³-hybridized carbons (Fsp3) is 0.222. The van der Waals surface area contributed by atoms with Crippen LogP contribution in [0, 0.1) is 0 Å². The van der Waals surface area contributed by atoms with Crippen LogP contribution in [0.5, 0.6) is 0 Å². The van der Waals surface area contributed by atoms with E-state index in [1.54, 1.807) is 24.3 Å². The summed E-state index contributed by atoms with van der Waals surface area (Å²) in [6.45, 7) is 2.35. The molecule has 23 heavy (non-hydrogen) atoms. The van der Waals surface area contributed by atoms with Crippen LogP contribution in [0.2, 0.25) is 5.02 Å². The van der Waals surface area contributed by atoms with E-state index in [2.05, 4.69) is 5.32 Å². The molecule has 0 radical (unpaired) electrons. The molecular weight excluding hydrogens is 312 g/mol. The van der Waals surface area contributed by atoms with Crippen molar-refractivity contribution >= 4 is 29.0 Å². The van der Waals surface area contributed by atoms with Gasteiger partial charge < -0.3 is 5.32 Å². The Hall–Kier alpha value is -2.17. The minimum absolute atomic E-state index is 0.0737. The second-order valence-electron chi connectivity index (χ2n) is 5.45. The van der Waals surface area contributed by atoms with Gasteiger partial charge in [0.2, 0.25) is 5.91 Å². The molecule has 5 heteroatoms. The number of Topliss-reactive ketones (excluding diaryl/α,β-unsaturated/α-hetero) is 1. The predicted molar refractivity (Wildman–Crippen MR) is 92.9 cm³/mol. The van der Waals surface area contributed by atoms with Gasteiger partial charge in [-0.05, 0) is 43.8 Å². The lowest BCUT2D eigenvalue weighted by atomic mass is 10.1. The molecule has 0 aliphatic carbocycles. The van der Waals surface area contributed by atoms with E-state index in [9.17, 15) is 9.59 Å². The van der Waals surface area contributed by atoms with Crippen molar-refractivity contribution in [1.29, 1.82) is 0 Å². The summed E-state index contributed by atoms with van der Waals surface area (Å²) in [5.74, 6) is -0.231. The number of amides is 1. The number of nitrogens with zero attached hydrogens (tertiary/aromatic N) is 1. The van der Waals surface area contributed by atoms with Gasteiger partial charge in [0.15, 0.2) is 5.78 Å². The van der Waals surface area contributed by atoms with Crippen LogP contribution >= 0.6 is 11.6 Å². The van der Waals surface area contributed by atoms with Crippen LogP contribution in [-0.4, -0.2) is 30.2 Å². The van der Waals surface area contributed by atoms with E-state index in [1.807, 2.05) is 36.2 Å². The van der Waals surface area contributed by atoms with Crippen molar-refractivity contribution in [2.45, 2.75) is 13.5 Å². The largest absolute Gasteiger partial charge is 0.324 e. The number of ketones is 1. The lowest BCUT2D eigenvalue weighted by Gasteiger charge is -2.17. The molecule has 4 nitrogen and oxygen atoms in total. The highest BCUT2D eigenvalue weighted by Gasteiger charge is 2.11. The third-order valence-electron chi connectivity index (χ3n) is 3.36. The lowest BCUT2D eigenvalue weighted by Crippen LogP contribution is -2.30. The summed E-state index contributed by atoms with van der Waals surface area (Å²) in [5.41, 5.74) is 2.14. The van der Waals surface area contributed by atoms with Crippen LogP contribution in [0.4, 0.5) is 5.69 Å². The summed E-state index contributed by atoms with van der Waals surface area (Å²) in [4.78, 5) is 25.6. The number of rotatable bonds is 6. The lowest BCUT2D eigenvalue weighted by molar-refractivity contribution is -0.117. The molecule has 0 fully saturated rings. The molecule has 0 saturated heterocycles. The van der Waals surface area contributed by atoms with Gasteiger partial charge in [-0.3, -0.25) is 14.5 Å². The number of para-hydroxylation sites is 1. The van der Waals surface area contributed by atoms with Crippen LogP contribution in [0.3, 0.4) is 0 Å². The Morgan fingerprint density at radius 3 is 2.39 bits per heavy atom. The second kappa shape index (κ2) is 7.90. The monoisotopic (exact) mass is 330 g/mol. The van der Waals surface area contributed by atoms with Gasteiger partial charge in [-0.1, -0.05) is 35.9 Å². The van der Waals surface area contributed by atoms with E-state index < -0.39 is 0 Å². The summed E-state index contributed by atoms with van der Waals surface area (Å²) < 4.78 is 0. The molecule has 120 valence electrons. The van der Waals surface area contributed by atoms with Gasteiger partial charge in [0, 0.05) is 17.1 Å². The minimum atomic E-state index is -0.157. The topological polar surface area (TPSA) is 49.4 Å². The zero-order valence-electron chi connectivity index (χ0n) is 13.2. The van der Waals surface area contributed by atoms with E-state index >= 15 is 0 Å². The first-order valence-corrected chi connectivity index (χ1v) is 7.66. The van der Waals surface area contributed by atoms with Gasteiger partial charge in [0.1, 0.15) is 0 Å². The van der Waals surface area contributed by atoms with Gasteiger partial charge in [-0.15, -0.1) is 0 Å². The quantitative estimate of drug-likeness (QED) is 0.823. The van der Waals surface area contributed by atoms with Crippen LogP contribution in [-0.2, 0) is 11.3 Å². The van der Waals surface area contributed by atoms with Gasteiger partial charge in [-0.2, -0.15) is 0 Å². The Labute approximate surface area is 141 Å². The maximum atomic E-state index is 12.2. The normalized spacial score (nSPS) is 10.6. The number of carbonyl (C=O) groups excluding carboxylic acids is 2. The van der Waals surface area contributed by atoms with Gasteiger partial charge in [0.25, 0.3) is 0 Å². The average molecular weight is 331 g/mol. The standard InChI is InChI=1S/C18H19ClN2O2/c1-13(22)16-5-3-4-6-17(16)20-18(23)12-21(2)11-14-7-9-15(19)10-8-14/h3-10H,11-12H2,1-2H3,(H,20,23). The molecule has 0 atom stereocenters. The first-order valence-electron chi connectivity index (χ1n) is 7.28. The Morgan fingerprint density at radius 1 is 1.09 bits per heavy atom. The molecule has 0 heterocycles. The van der Waals surface area contributed by atoms with Crippen molar-refractivity contribution in [3.8, 4) is 0 Å². The number of benzene rings is 2. The summed E-state index contributed by atoms with van der Waals surface area (Å²) in [6, 6.07) is 14.5. The number of anilines is 1. The number of hydrogen-bond acceptors (Lipinski definition) is 3.